The molecule has 0 amide bonds. The average Bonchev–Trinajstić information content (AvgIpc) is 2.28. The van der Waals surface area contributed by atoms with Gasteiger partial charge < -0.3 is 9.59 Å². The molecule has 2 heteroatoms. The molecular formula is C12H24NO+. The van der Waals surface area contributed by atoms with Crippen molar-refractivity contribution in [2.75, 3.05) is 26.2 Å². The fourth-order valence-corrected chi connectivity index (χ4v) is 3.80. The number of hydrogen-bond donors (Lipinski definition) is 1. The molecule has 0 bridgehead atoms. The van der Waals surface area contributed by atoms with Crippen LogP contribution in [0, 0.1) is 5.92 Å². The van der Waals surface area contributed by atoms with Gasteiger partial charge in [0.25, 0.3) is 0 Å². The zero-order chi connectivity index (χ0) is 10.0. The second kappa shape index (κ2) is 4.19. The van der Waals surface area contributed by atoms with Crippen molar-refractivity contribution in [3.63, 3.8) is 0 Å². The van der Waals surface area contributed by atoms with E-state index in [0.717, 1.165) is 6.04 Å². The van der Waals surface area contributed by atoms with Gasteiger partial charge in [0, 0.05) is 12.3 Å². The van der Waals surface area contributed by atoms with Gasteiger partial charge in [-0.1, -0.05) is 0 Å². The highest BCUT2D eigenvalue weighted by Crippen LogP contribution is 2.36. The predicted octanol–water partition coefficient (Wildman–Crippen LogP) is 1.78. The molecular weight excluding hydrogens is 174 g/mol. The molecule has 2 fully saturated rings. The van der Waals surface area contributed by atoms with Gasteiger partial charge in [0.15, 0.2) is 0 Å². The molecule has 0 aromatic heterocycles. The second-order valence-corrected chi connectivity index (χ2v) is 5.13. The Hall–Kier alpha value is -0.0800. The summed E-state index contributed by atoms with van der Waals surface area (Å²) in [5, 5.41) is 9.43. The third kappa shape index (κ3) is 1.59. The Morgan fingerprint density at radius 1 is 1.14 bits per heavy atom. The summed E-state index contributed by atoms with van der Waals surface area (Å²) >= 11 is 0. The van der Waals surface area contributed by atoms with Crippen LogP contribution >= 0.6 is 0 Å². The highest BCUT2D eigenvalue weighted by molar-refractivity contribution is 4.78. The fraction of sp³-hybridized carbons (Fsp3) is 1.00. The zero-order valence-electron chi connectivity index (χ0n) is 9.41. The summed E-state index contributed by atoms with van der Waals surface area (Å²) in [6.07, 6.45) is 6.75. The lowest BCUT2D eigenvalue weighted by Gasteiger charge is -2.53. The Bertz CT molecular complexity index is 191. The first-order valence-electron chi connectivity index (χ1n) is 6.29. The first-order chi connectivity index (χ1) is 6.82. The molecule has 2 saturated heterocycles. The molecule has 0 unspecified atom stereocenters. The Labute approximate surface area is 87.5 Å². The molecule has 2 aliphatic heterocycles. The van der Waals surface area contributed by atoms with Gasteiger partial charge in [0.1, 0.15) is 0 Å². The molecule has 0 spiro atoms. The Kier molecular flexibility index (Phi) is 3.13. The molecule has 0 aromatic rings. The van der Waals surface area contributed by atoms with Crippen LogP contribution in [0.5, 0.6) is 0 Å². The van der Waals surface area contributed by atoms with Crippen LogP contribution in [0.25, 0.3) is 0 Å². The van der Waals surface area contributed by atoms with Gasteiger partial charge in [-0.2, -0.15) is 0 Å². The molecule has 2 nitrogen and oxygen atoms in total. The smallest absolute Gasteiger partial charge is 0.0941 e. The first kappa shape index (κ1) is 10.4. The molecule has 0 radical (unpaired) electrons. The molecule has 2 heterocycles. The third-order valence-electron chi connectivity index (χ3n) is 4.64. The van der Waals surface area contributed by atoms with E-state index >= 15 is 0 Å². The molecule has 14 heavy (non-hydrogen) atoms. The third-order valence-corrected chi connectivity index (χ3v) is 4.64. The van der Waals surface area contributed by atoms with Crippen LogP contribution < -0.4 is 0 Å². The number of aliphatic hydroxyl groups is 1. The molecule has 0 saturated carbocycles. The largest absolute Gasteiger partial charge is 0.396 e. The van der Waals surface area contributed by atoms with E-state index in [0.29, 0.717) is 12.5 Å². The Morgan fingerprint density at radius 3 is 2.64 bits per heavy atom. The molecule has 2 rings (SSSR count). The standard InChI is InChI=1S/C12H24NO/c1-2-13-8-4-3-7-12(13)11(10-14)6-5-9-13/h11-12,14H,2-10H2,1H3/q+1/t11-,12+,13-/m0/s1. The Morgan fingerprint density at radius 2 is 1.93 bits per heavy atom. The van der Waals surface area contributed by atoms with Crippen LogP contribution in [0.2, 0.25) is 0 Å². The number of aliphatic hydroxyl groups excluding tert-OH is 1. The molecule has 82 valence electrons. The van der Waals surface area contributed by atoms with Crippen LogP contribution in [0.4, 0.5) is 0 Å². The summed E-state index contributed by atoms with van der Waals surface area (Å²) in [5.74, 6) is 0.601. The number of quaternary nitrogens is 1. The lowest BCUT2D eigenvalue weighted by atomic mass is 9.81. The van der Waals surface area contributed by atoms with Gasteiger partial charge in [-0.05, 0) is 32.6 Å². The topological polar surface area (TPSA) is 20.2 Å². The summed E-state index contributed by atoms with van der Waals surface area (Å²) < 4.78 is 1.32. The van der Waals surface area contributed by atoms with E-state index in [1.54, 1.807) is 0 Å². The zero-order valence-corrected chi connectivity index (χ0v) is 9.41. The highest BCUT2D eigenvalue weighted by Gasteiger charge is 2.44. The molecule has 0 aromatic carbocycles. The lowest BCUT2D eigenvalue weighted by molar-refractivity contribution is -0.963. The SMILES string of the molecule is CC[N@@+]12CCCC[C@@H]1[C@H](CO)CCC2. The Balaban J connectivity index is 2.15. The van der Waals surface area contributed by atoms with Crippen molar-refractivity contribution in [2.45, 2.75) is 45.1 Å². The van der Waals surface area contributed by atoms with Crippen LogP contribution in [-0.2, 0) is 0 Å². The fourth-order valence-electron chi connectivity index (χ4n) is 3.80. The number of hydrogen-bond acceptors (Lipinski definition) is 1. The van der Waals surface area contributed by atoms with Crippen molar-refractivity contribution in [1.82, 2.24) is 0 Å². The maximum atomic E-state index is 9.43. The number of piperidine rings is 2. The van der Waals surface area contributed by atoms with E-state index < -0.39 is 0 Å². The van der Waals surface area contributed by atoms with Gasteiger partial charge >= 0.3 is 0 Å². The number of rotatable bonds is 2. The summed E-state index contributed by atoms with van der Waals surface area (Å²) in [6.45, 7) is 6.78. The maximum absolute atomic E-state index is 9.43. The quantitative estimate of drug-likeness (QED) is 0.671. The summed E-state index contributed by atoms with van der Waals surface area (Å²) in [5.41, 5.74) is 0. The van der Waals surface area contributed by atoms with Gasteiger partial charge in [-0.25, -0.2) is 0 Å². The van der Waals surface area contributed by atoms with Gasteiger partial charge in [0.05, 0.1) is 32.3 Å². The minimum atomic E-state index is 0.421. The average molecular weight is 198 g/mol. The molecule has 2 aliphatic rings. The predicted molar refractivity (Wildman–Crippen MR) is 58.0 cm³/mol. The second-order valence-electron chi connectivity index (χ2n) is 5.13. The number of nitrogens with zero attached hydrogens (tertiary/aromatic N) is 1. The van der Waals surface area contributed by atoms with Crippen LogP contribution in [-0.4, -0.2) is 41.9 Å². The van der Waals surface area contributed by atoms with Crippen molar-refractivity contribution in [3.05, 3.63) is 0 Å². The van der Waals surface area contributed by atoms with Gasteiger partial charge in [-0.15, -0.1) is 0 Å². The molecule has 1 N–H and O–H groups in total. The van der Waals surface area contributed by atoms with Crippen molar-refractivity contribution in [2.24, 2.45) is 5.92 Å². The first-order valence-corrected chi connectivity index (χ1v) is 6.29. The minimum absolute atomic E-state index is 0.421. The van der Waals surface area contributed by atoms with Crippen molar-refractivity contribution in [1.29, 1.82) is 0 Å². The lowest BCUT2D eigenvalue weighted by Crippen LogP contribution is -2.63. The van der Waals surface area contributed by atoms with E-state index in [4.69, 9.17) is 0 Å². The maximum Gasteiger partial charge on any atom is 0.0941 e. The summed E-state index contributed by atoms with van der Waals surface area (Å²) in [4.78, 5) is 0. The van der Waals surface area contributed by atoms with E-state index in [-0.39, 0.29) is 0 Å². The van der Waals surface area contributed by atoms with Crippen LogP contribution in [0.15, 0.2) is 0 Å². The number of fused-ring (bicyclic) bond motifs is 1. The van der Waals surface area contributed by atoms with Crippen molar-refractivity contribution >= 4 is 0 Å². The minimum Gasteiger partial charge on any atom is -0.396 e. The monoisotopic (exact) mass is 198 g/mol. The molecule has 3 atom stereocenters. The molecule has 0 aliphatic carbocycles. The van der Waals surface area contributed by atoms with E-state index in [1.165, 1.54) is 56.2 Å². The van der Waals surface area contributed by atoms with E-state index in [2.05, 4.69) is 6.92 Å². The van der Waals surface area contributed by atoms with Crippen LogP contribution in [0.3, 0.4) is 0 Å². The van der Waals surface area contributed by atoms with Crippen molar-refractivity contribution in [3.8, 4) is 0 Å². The van der Waals surface area contributed by atoms with Crippen molar-refractivity contribution < 1.29 is 9.59 Å². The van der Waals surface area contributed by atoms with Crippen LogP contribution in [0.1, 0.15) is 39.0 Å². The summed E-state index contributed by atoms with van der Waals surface area (Å²) in [6, 6.07) is 0.785. The van der Waals surface area contributed by atoms with E-state index in [1.807, 2.05) is 0 Å². The summed E-state index contributed by atoms with van der Waals surface area (Å²) in [7, 11) is 0. The normalized spacial score (nSPS) is 43.3. The van der Waals surface area contributed by atoms with Gasteiger partial charge in [0.2, 0.25) is 0 Å². The highest BCUT2D eigenvalue weighted by atomic mass is 16.3. The van der Waals surface area contributed by atoms with E-state index in [9.17, 15) is 5.11 Å². The van der Waals surface area contributed by atoms with Gasteiger partial charge in [-0.3, -0.25) is 0 Å².